The van der Waals surface area contributed by atoms with Crippen molar-refractivity contribution in [2.24, 2.45) is 20.5 Å². The van der Waals surface area contributed by atoms with Crippen molar-refractivity contribution in [3.05, 3.63) is 105 Å². The van der Waals surface area contributed by atoms with E-state index in [9.17, 15) is 19.2 Å². The molecule has 52 heavy (non-hydrogen) atoms. The number of Topliss-reactive ketones (excluding diaryl/α,β-unsaturated/α-hetero) is 2. The van der Waals surface area contributed by atoms with Crippen molar-refractivity contribution < 1.29 is 19.2 Å². The number of aryl methyl sites for hydroxylation is 4. The van der Waals surface area contributed by atoms with Crippen molar-refractivity contribution in [1.29, 1.82) is 0 Å². The minimum Gasteiger partial charge on any atom is -0.324 e. The number of anilines is 2. The minimum atomic E-state index is -1.36. The summed E-state index contributed by atoms with van der Waals surface area (Å²) in [5.74, 6) is -2.11. The van der Waals surface area contributed by atoms with Gasteiger partial charge in [0.1, 0.15) is 5.69 Å². The molecule has 0 heterocycles. The minimum absolute atomic E-state index is 0.220. The van der Waals surface area contributed by atoms with Crippen molar-refractivity contribution in [3.8, 4) is 11.1 Å². The molecule has 0 aromatic heterocycles. The zero-order chi connectivity index (χ0) is 37.9. The molecular weight excluding hydrogens is 699 g/mol. The Hall–Kier alpha value is -5.06. The average Bonchev–Trinajstić information content (AvgIpc) is 3.12. The van der Waals surface area contributed by atoms with Crippen molar-refractivity contribution in [2.75, 3.05) is 10.6 Å². The number of rotatable bonds is 15. The van der Waals surface area contributed by atoms with Gasteiger partial charge >= 0.3 is 0 Å². The normalized spacial score (nSPS) is 12.5. The number of azo groups is 2. The Kier molecular flexibility index (Phi) is 14.1. The predicted octanol–water partition coefficient (Wildman–Crippen LogP) is 10.3. The lowest BCUT2D eigenvalue weighted by Crippen LogP contribution is -2.31. The van der Waals surface area contributed by atoms with Crippen LogP contribution in [-0.4, -0.2) is 35.5 Å². The van der Waals surface area contributed by atoms with E-state index in [0.29, 0.717) is 33.2 Å². The van der Waals surface area contributed by atoms with E-state index in [1.165, 1.54) is 25.0 Å². The van der Waals surface area contributed by atoms with Crippen molar-refractivity contribution in [2.45, 2.75) is 79.3 Å². The molecule has 0 aliphatic heterocycles. The van der Waals surface area contributed by atoms with Crippen LogP contribution in [0.4, 0.5) is 22.7 Å². The summed E-state index contributed by atoms with van der Waals surface area (Å²) >= 11 is 13.2. The molecule has 0 radical (unpaired) electrons. The van der Waals surface area contributed by atoms with Gasteiger partial charge in [-0.15, -0.1) is 0 Å². The number of hydrogen-bond donors (Lipinski definition) is 2. The third-order valence-electron chi connectivity index (χ3n) is 8.52. The van der Waals surface area contributed by atoms with E-state index in [4.69, 9.17) is 23.2 Å². The van der Waals surface area contributed by atoms with Gasteiger partial charge in [-0.05, 0) is 116 Å². The quantitative estimate of drug-likeness (QED) is 0.0924. The second kappa shape index (κ2) is 18.4. The largest absolute Gasteiger partial charge is 0.324 e. The lowest BCUT2D eigenvalue weighted by molar-refractivity contribution is -0.127. The number of carbonyl (C=O) groups is 4. The number of nitrogens with one attached hydrogen (secondary N) is 2. The van der Waals surface area contributed by atoms with Gasteiger partial charge in [0.15, 0.2) is 11.6 Å². The van der Waals surface area contributed by atoms with Crippen LogP contribution in [0.25, 0.3) is 11.1 Å². The third kappa shape index (κ3) is 10.0. The van der Waals surface area contributed by atoms with Gasteiger partial charge in [0, 0.05) is 16.9 Å². The van der Waals surface area contributed by atoms with Crippen molar-refractivity contribution in [1.82, 2.24) is 0 Å². The molecule has 0 bridgehead atoms. The third-order valence-corrected chi connectivity index (χ3v) is 9.13. The SMILES string of the molecule is CCc1ccc(NC(=O)C(N=Nc2ccc(-c3ccc(N=NC(C(C)=O)C(=O)Nc4ccc(CC)c(CC)c4)c(Cl)c3)c(Cl)c2)C(C)=O)cc1CC. The summed E-state index contributed by atoms with van der Waals surface area (Å²) in [6, 6.07) is 18.5. The first-order valence-electron chi connectivity index (χ1n) is 17.2. The second-order valence-electron chi connectivity index (χ2n) is 12.1. The topological polar surface area (TPSA) is 142 Å². The number of benzene rings is 4. The van der Waals surface area contributed by atoms with E-state index in [0.717, 1.165) is 36.8 Å². The van der Waals surface area contributed by atoms with Gasteiger partial charge in [-0.1, -0.05) is 75.2 Å². The monoisotopic (exact) mass is 740 g/mol. The number of amides is 2. The highest BCUT2D eigenvalue weighted by Crippen LogP contribution is 2.36. The lowest BCUT2D eigenvalue weighted by atomic mass is 10.0. The van der Waals surface area contributed by atoms with Crippen LogP contribution in [0.5, 0.6) is 0 Å². The highest BCUT2D eigenvalue weighted by molar-refractivity contribution is 6.34. The molecule has 0 aliphatic carbocycles. The maximum atomic E-state index is 13.0. The standard InChI is InChI=1S/C40H42Cl2N6O4/c1-7-25-11-14-30(19-27(25)9-3)43-39(51)37(23(5)49)47-45-32-16-17-33(34(41)22-32)29-13-18-36(35(42)21-29)46-48-38(24(6)50)40(52)44-31-15-12-26(8-2)28(10-4)20-31/h11-22,37-38H,7-10H2,1-6H3,(H,43,51)(H,44,52). The van der Waals surface area contributed by atoms with Crippen molar-refractivity contribution in [3.63, 3.8) is 0 Å². The van der Waals surface area contributed by atoms with Gasteiger partial charge in [-0.2, -0.15) is 20.5 Å². The zero-order valence-corrected chi connectivity index (χ0v) is 31.6. The molecule has 12 heteroatoms. The van der Waals surface area contributed by atoms with Gasteiger partial charge < -0.3 is 10.6 Å². The van der Waals surface area contributed by atoms with Crippen molar-refractivity contribution >= 4 is 69.3 Å². The summed E-state index contributed by atoms with van der Waals surface area (Å²) in [6.45, 7) is 10.8. The summed E-state index contributed by atoms with van der Waals surface area (Å²) < 4.78 is 0. The molecule has 2 N–H and O–H groups in total. The summed E-state index contributed by atoms with van der Waals surface area (Å²) in [5, 5.41) is 22.4. The van der Waals surface area contributed by atoms with Gasteiger partial charge in [-0.25, -0.2) is 0 Å². The van der Waals surface area contributed by atoms with Crippen LogP contribution in [-0.2, 0) is 44.9 Å². The molecule has 2 unspecified atom stereocenters. The number of hydrogen-bond acceptors (Lipinski definition) is 8. The van der Waals surface area contributed by atoms with Gasteiger partial charge in [0.05, 0.1) is 15.7 Å². The fraction of sp³-hybridized carbons (Fsp3) is 0.300. The fourth-order valence-electron chi connectivity index (χ4n) is 5.61. The Morgan fingerprint density at radius 2 is 1.08 bits per heavy atom. The Morgan fingerprint density at radius 1 is 0.577 bits per heavy atom. The Bertz CT molecular complexity index is 2040. The van der Waals surface area contributed by atoms with E-state index in [1.54, 1.807) is 42.5 Å². The molecule has 10 nitrogen and oxygen atoms in total. The van der Waals surface area contributed by atoms with Gasteiger partial charge in [0.25, 0.3) is 11.8 Å². The van der Waals surface area contributed by atoms with Crippen LogP contribution in [0.2, 0.25) is 10.0 Å². The molecule has 4 aromatic rings. The first kappa shape index (κ1) is 39.7. The predicted molar refractivity (Wildman–Crippen MR) is 208 cm³/mol. The molecule has 4 rings (SSSR count). The Balaban J connectivity index is 1.46. The number of nitrogens with zero attached hydrogens (tertiary/aromatic N) is 4. The van der Waals surface area contributed by atoms with Crippen LogP contribution >= 0.6 is 23.2 Å². The first-order valence-corrected chi connectivity index (χ1v) is 17.9. The summed E-state index contributed by atoms with van der Waals surface area (Å²) in [5.41, 5.74) is 7.67. The molecule has 0 fully saturated rings. The molecule has 2 atom stereocenters. The van der Waals surface area contributed by atoms with E-state index in [-0.39, 0.29) is 10.7 Å². The first-order chi connectivity index (χ1) is 24.9. The Labute approximate surface area is 314 Å². The van der Waals surface area contributed by atoms with E-state index in [2.05, 4.69) is 44.9 Å². The smallest absolute Gasteiger partial charge is 0.258 e. The van der Waals surface area contributed by atoms with Crippen LogP contribution in [0.15, 0.2) is 93.3 Å². The number of carbonyl (C=O) groups excluding carboxylic acids is 4. The number of halogens is 2. The maximum absolute atomic E-state index is 13.0. The molecule has 0 aliphatic rings. The molecule has 2 amide bonds. The fourth-order valence-corrected chi connectivity index (χ4v) is 6.12. The van der Waals surface area contributed by atoms with Crippen LogP contribution in [0.1, 0.15) is 63.8 Å². The lowest BCUT2D eigenvalue weighted by Gasteiger charge is -2.13. The Morgan fingerprint density at radius 3 is 1.52 bits per heavy atom. The van der Waals surface area contributed by atoms with E-state index >= 15 is 0 Å². The molecule has 0 spiro atoms. The number of ketones is 2. The molecule has 4 aromatic carbocycles. The van der Waals surface area contributed by atoms with Crippen LogP contribution in [0, 0.1) is 0 Å². The molecule has 0 saturated heterocycles. The molecule has 0 saturated carbocycles. The molecule has 270 valence electrons. The van der Waals surface area contributed by atoms with Gasteiger partial charge in [0.2, 0.25) is 12.1 Å². The highest BCUT2D eigenvalue weighted by Gasteiger charge is 2.25. The van der Waals surface area contributed by atoms with Gasteiger partial charge in [-0.3, -0.25) is 19.2 Å². The van der Waals surface area contributed by atoms with E-state index in [1.807, 2.05) is 44.2 Å². The highest BCUT2D eigenvalue weighted by atomic mass is 35.5. The van der Waals surface area contributed by atoms with E-state index < -0.39 is 35.5 Å². The average molecular weight is 742 g/mol. The molecular formula is C40H42Cl2N6O4. The summed E-state index contributed by atoms with van der Waals surface area (Å²) in [4.78, 5) is 50.7. The maximum Gasteiger partial charge on any atom is 0.258 e. The summed E-state index contributed by atoms with van der Waals surface area (Å²) in [6.07, 6.45) is 3.39. The van der Waals surface area contributed by atoms with Crippen LogP contribution in [0.3, 0.4) is 0 Å². The zero-order valence-electron chi connectivity index (χ0n) is 30.1. The second-order valence-corrected chi connectivity index (χ2v) is 13.0. The summed E-state index contributed by atoms with van der Waals surface area (Å²) in [7, 11) is 0. The van der Waals surface area contributed by atoms with Crippen LogP contribution < -0.4 is 10.6 Å².